The molecule has 4 heteroatoms. The summed E-state index contributed by atoms with van der Waals surface area (Å²) >= 11 is 0. The summed E-state index contributed by atoms with van der Waals surface area (Å²) in [5.74, 6) is 1.16. The Morgan fingerprint density at radius 2 is 2.21 bits per heavy atom. The summed E-state index contributed by atoms with van der Waals surface area (Å²) in [7, 11) is 1.98. The number of aromatic nitrogens is 1. The van der Waals surface area contributed by atoms with Gasteiger partial charge < -0.3 is 10.2 Å². The van der Waals surface area contributed by atoms with Gasteiger partial charge in [-0.25, -0.2) is 4.98 Å². The molecule has 3 rings (SSSR count). The molecule has 104 valence electrons. The van der Waals surface area contributed by atoms with E-state index >= 15 is 0 Å². The Hall–Kier alpha value is -1.13. The molecule has 1 atom stereocenters. The van der Waals surface area contributed by atoms with Gasteiger partial charge in [-0.2, -0.15) is 0 Å². The molecular formula is C15H24N4. The highest BCUT2D eigenvalue weighted by molar-refractivity contribution is 5.42. The van der Waals surface area contributed by atoms with E-state index < -0.39 is 0 Å². The molecule has 2 aliphatic rings. The first-order valence-electron chi connectivity index (χ1n) is 7.38. The third-order valence-corrected chi connectivity index (χ3v) is 4.46. The fraction of sp³-hybridized carbons (Fsp3) is 0.667. The maximum atomic E-state index is 4.80. The first kappa shape index (κ1) is 12.9. The third-order valence-electron chi connectivity index (χ3n) is 4.46. The Balaban J connectivity index is 1.73. The van der Waals surface area contributed by atoms with Crippen LogP contribution in [0.4, 0.5) is 5.82 Å². The van der Waals surface area contributed by atoms with Gasteiger partial charge in [0.1, 0.15) is 5.82 Å². The molecule has 1 aromatic heterocycles. The van der Waals surface area contributed by atoms with Crippen molar-refractivity contribution in [3.05, 3.63) is 23.4 Å². The van der Waals surface area contributed by atoms with Crippen LogP contribution in [0.5, 0.6) is 0 Å². The average Bonchev–Trinajstić information content (AvgIpc) is 2.88. The van der Waals surface area contributed by atoms with Gasteiger partial charge in [0, 0.05) is 37.9 Å². The zero-order valence-corrected chi connectivity index (χ0v) is 12.0. The summed E-state index contributed by atoms with van der Waals surface area (Å²) < 4.78 is 0. The predicted octanol–water partition coefficient (Wildman–Crippen LogP) is 1.39. The number of hydrogen-bond donors (Lipinski definition) is 1. The lowest BCUT2D eigenvalue weighted by atomic mass is 10.1. The van der Waals surface area contributed by atoms with Gasteiger partial charge in [-0.05, 0) is 45.0 Å². The quantitative estimate of drug-likeness (QED) is 0.890. The SMILES string of the molecule is CNCc1ccc(N2CCN3CCCC3C2)nc1C. The van der Waals surface area contributed by atoms with Crippen molar-refractivity contribution in [1.29, 1.82) is 0 Å². The monoisotopic (exact) mass is 260 g/mol. The van der Waals surface area contributed by atoms with Crippen molar-refractivity contribution < 1.29 is 0 Å². The Morgan fingerprint density at radius 3 is 3.00 bits per heavy atom. The molecule has 19 heavy (non-hydrogen) atoms. The first-order chi connectivity index (χ1) is 9.28. The molecule has 2 fully saturated rings. The fourth-order valence-corrected chi connectivity index (χ4v) is 3.33. The molecular weight excluding hydrogens is 236 g/mol. The van der Waals surface area contributed by atoms with Crippen LogP contribution in [0.25, 0.3) is 0 Å². The van der Waals surface area contributed by atoms with Crippen LogP contribution in [0.3, 0.4) is 0 Å². The van der Waals surface area contributed by atoms with E-state index in [-0.39, 0.29) is 0 Å². The molecule has 0 radical (unpaired) electrons. The van der Waals surface area contributed by atoms with E-state index in [2.05, 4.69) is 34.2 Å². The predicted molar refractivity (Wildman–Crippen MR) is 78.5 cm³/mol. The van der Waals surface area contributed by atoms with E-state index in [1.165, 1.54) is 31.5 Å². The molecule has 2 saturated heterocycles. The van der Waals surface area contributed by atoms with Gasteiger partial charge in [-0.1, -0.05) is 6.07 Å². The van der Waals surface area contributed by atoms with Crippen molar-refractivity contribution in [2.45, 2.75) is 32.4 Å². The van der Waals surface area contributed by atoms with Gasteiger partial charge in [0.2, 0.25) is 0 Å². The molecule has 0 saturated carbocycles. The molecule has 0 spiro atoms. The van der Waals surface area contributed by atoms with E-state index in [9.17, 15) is 0 Å². The molecule has 3 heterocycles. The van der Waals surface area contributed by atoms with Crippen molar-refractivity contribution in [2.75, 3.05) is 38.1 Å². The zero-order valence-electron chi connectivity index (χ0n) is 12.0. The third kappa shape index (κ3) is 2.60. The van der Waals surface area contributed by atoms with Gasteiger partial charge in [0.15, 0.2) is 0 Å². The van der Waals surface area contributed by atoms with Crippen molar-refractivity contribution in [3.8, 4) is 0 Å². The number of pyridine rings is 1. The van der Waals surface area contributed by atoms with Gasteiger partial charge in [0.25, 0.3) is 0 Å². The Kier molecular flexibility index (Phi) is 3.71. The molecule has 1 unspecified atom stereocenters. The number of hydrogen-bond acceptors (Lipinski definition) is 4. The van der Waals surface area contributed by atoms with Crippen molar-refractivity contribution in [1.82, 2.24) is 15.2 Å². The van der Waals surface area contributed by atoms with Crippen LogP contribution in [0.15, 0.2) is 12.1 Å². The lowest BCUT2D eigenvalue weighted by Gasteiger charge is -2.38. The molecule has 0 aliphatic carbocycles. The highest BCUT2D eigenvalue weighted by Gasteiger charge is 2.30. The highest BCUT2D eigenvalue weighted by Crippen LogP contribution is 2.25. The molecule has 2 aliphatic heterocycles. The van der Waals surface area contributed by atoms with Crippen LogP contribution in [-0.4, -0.2) is 49.2 Å². The van der Waals surface area contributed by atoms with Crippen LogP contribution in [-0.2, 0) is 6.54 Å². The highest BCUT2D eigenvalue weighted by atomic mass is 15.3. The van der Waals surface area contributed by atoms with E-state index in [0.717, 1.165) is 37.2 Å². The number of anilines is 1. The minimum absolute atomic E-state index is 0.757. The van der Waals surface area contributed by atoms with E-state index in [0.29, 0.717) is 0 Å². The van der Waals surface area contributed by atoms with Gasteiger partial charge in [-0.3, -0.25) is 4.90 Å². The minimum atomic E-state index is 0.757. The molecule has 0 amide bonds. The number of piperazine rings is 1. The normalized spacial score (nSPS) is 23.7. The summed E-state index contributed by atoms with van der Waals surface area (Å²) in [5, 5.41) is 3.19. The second-order valence-electron chi connectivity index (χ2n) is 5.72. The van der Waals surface area contributed by atoms with Crippen LogP contribution < -0.4 is 10.2 Å². The summed E-state index contributed by atoms with van der Waals surface area (Å²) in [6, 6.07) is 5.16. The number of fused-ring (bicyclic) bond motifs is 1. The average molecular weight is 260 g/mol. The maximum absolute atomic E-state index is 4.80. The Morgan fingerprint density at radius 1 is 1.32 bits per heavy atom. The topological polar surface area (TPSA) is 31.4 Å². The lowest BCUT2D eigenvalue weighted by molar-refractivity contribution is 0.230. The second-order valence-corrected chi connectivity index (χ2v) is 5.72. The summed E-state index contributed by atoms with van der Waals surface area (Å²) in [4.78, 5) is 9.90. The van der Waals surface area contributed by atoms with Gasteiger partial charge in [-0.15, -0.1) is 0 Å². The number of nitrogens with zero attached hydrogens (tertiary/aromatic N) is 3. The van der Waals surface area contributed by atoms with Crippen LogP contribution in [0.2, 0.25) is 0 Å². The van der Waals surface area contributed by atoms with Crippen LogP contribution >= 0.6 is 0 Å². The standard InChI is InChI=1S/C15H24N4/c1-12-13(10-16-2)5-6-15(17-12)19-9-8-18-7-3-4-14(18)11-19/h5-6,14,16H,3-4,7-11H2,1-2H3. The molecule has 4 nitrogen and oxygen atoms in total. The van der Waals surface area contributed by atoms with Crippen LogP contribution in [0.1, 0.15) is 24.1 Å². The zero-order chi connectivity index (χ0) is 13.2. The van der Waals surface area contributed by atoms with E-state index in [1.807, 2.05) is 7.05 Å². The van der Waals surface area contributed by atoms with Crippen molar-refractivity contribution in [2.24, 2.45) is 0 Å². The van der Waals surface area contributed by atoms with Gasteiger partial charge in [0.05, 0.1) is 0 Å². The molecule has 0 bridgehead atoms. The fourth-order valence-electron chi connectivity index (χ4n) is 3.33. The number of aryl methyl sites for hydroxylation is 1. The summed E-state index contributed by atoms with van der Waals surface area (Å²) in [5.41, 5.74) is 2.45. The maximum Gasteiger partial charge on any atom is 0.128 e. The summed E-state index contributed by atoms with van der Waals surface area (Å²) in [6.45, 7) is 7.78. The summed E-state index contributed by atoms with van der Waals surface area (Å²) in [6.07, 6.45) is 2.72. The smallest absolute Gasteiger partial charge is 0.128 e. The van der Waals surface area contributed by atoms with E-state index in [4.69, 9.17) is 4.98 Å². The van der Waals surface area contributed by atoms with Crippen LogP contribution in [0, 0.1) is 6.92 Å². The number of nitrogens with one attached hydrogen (secondary N) is 1. The minimum Gasteiger partial charge on any atom is -0.354 e. The number of rotatable bonds is 3. The molecule has 1 aromatic rings. The Labute approximate surface area is 115 Å². The van der Waals surface area contributed by atoms with Crippen molar-refractivity contribution in [3.63, 3.8) is 0 Å². The van der Waals surface area contributed by atoms with Gasteiger partial charge >= 0.3 is 0 Å². The molecule has 0 aromatic carbocycles. The van der Waals surface area contributed by atoms with E-state index in [1.54, 1.807) is 0 Å². The first-order valence-corrected chi connectivity index (χ1v) is 7.38. The largest absolute Gasteiger partial charge is 0.354 e. The lowest BCUT2D eigenvalue weighted by Crippen LogP contribution is -2.50. The second kappa shape index (κ2) is 5.47. The van der Waals surface area contributed by atoms with Crippen molar-refractivity contribution >= 4 is 5.82 Å². The molecule has 1 N–H and O–H groups in total. The Bertz CT molecular complexity index is 446.